The molecule has 3 atom stereocenters. The Morgan fingerprint density at radius 1 is 1.29 bits per heavy atom. The molecule has 1 saturated heterocycles. The molecule has 1 N–H and O–H groups in total. The lowest BCUT2D eigenvalue weighted by Crippen LogP contribution is -2.61. The Kier molecular flexibility index (Phi) is 3.84. The lowest BCUT2D eigenvalue weighted by atomic mass is 9.83. The molecule has 17 heavy (non-hydrogen) atoms. The molecule has 0 aromatic rings. The van der Waals surface area contributed by atoms with Crippen LogP contribution in [0.25, 0.3) is 0 Å². The van der Waals surface area contributed by atoms with Crippen molar-refractivity contribution in [2.75, 3.05) is 13.1 Å². The van der Waals surface area contributed by atoms with Crippen molar-refractivity contribution in [1.82, 2.24) is 10.2 Å². The molecule has 3 unspecified atom stereocenters. The zero-order valence-corrected chi connectivity index (χ0v) is 12.3. The number of rotatable bonds is 2. The van der Waals surface area contributed by atoms with Crippen molar-refractivity contribution >= 4 is 0 Å². The number of hydrogen-bond donors (Lipinski definition) is 1. The molecule has 1 aliphatic carbocycles. The van der Waals surface area contributed by atoms with Crippen LogP contribution in [-0.2, 0) is 0 Å². The number of nitrogens with zero attached hydrogens (tertiary/aromatic N) is 1. The SMILES string of the molecule is CC1CN(C2CCCC2(C)C)C(C(C)C)CN1. The smallest absolute Gasteiger partial charge is 0.0247 e. The summed E-state index contributed by atoms with van der Waals surface area (Å²) in [6.45, 7) is 14.4. The van der Waals surface area contributed by atoms with E-state index in [4.69, 9.17) is 0 Å². The predicted octanol–water partition coefficient (Wildman–Crippen LogP) is 2.88. The van der Waals surface area contributed by atoms with Crippen molar-refractivity contribution in [1.29, 1.82) is 0 Å². The van der Waals surface area contributed by atoms with Crippen LogP contribution < -0.4 is 5.32 Å². The van der Waals surface area contributed by atoms with Crippen LogP contribution in [0.5, 0.6) is 0 Å². The summed E-state index contributed by atoms with van der Waals surface area (Å²) in [6, 6.07) is 2.19. The molecular weight excluding hydrogens is 208 g/mol. The summed E-state index contributed by atoms with van der Waals surface area (Å²) in [5.74, 6) is 0.756. The Balaban J connectivity index is 2.14. The average molecular weight is 238 g/mol. The Bertz CT molecular complexity index is 260. The highest BCUT2D eigenvalue weighted by atomic mass is 15.3. The summed E-state index contributed by atoms with van der Waals surface area (Å²) in [4.78, 5) is 2.83. The highest BCUT2D eigenvalue weighted by Gasteiger charge is 2.42. The fourth-order valence-corrected chi connectivity index (χ4v) is 3.86. The predicted molar refractivity (Wildman–Crippen MR) is 74.2 cm³/mol. The molecule has 2 fully saturated rings. The van der Waals surface area contributed by atoms with Gasteiger partial charge in [-0.1, -0.05) is 34.1 Å². The Labute approximate surface area is 107 Å². The van der Waals surface area contributed by atoms with Crippen LogP contribution in [-0.4, -0.2) is 36.1 Å². The van der Waals surface area contributed by atoms with Gasteiger partial charge < -0.3 is 5.32 Å². The minimum atomic E-state index is 0.518. The van der Waals surface area contributed by atoms with E-state index in [1.165, 1.54) is 32.4 Å². The summed E-state index contributed by atoms with van der Waals surface area (Å²) < 4.78 is 0. The van der Waals surface area contributed by atoms with Crippen LogP contribution in [0.4, 0.5) is 0 Å². The highest BCUT2D eigenvalue weighted by Crippen LogP contribution is 2.42. The second kappa shape index (κ2) is 4.89. The van der Waals surface area contributed by atoms with Crippen molar-refractivity contribution < 1.29 is 0 Å². The third kappa shape index (κ3) is 2.68. The first-order chi connectivity index (χ1) is 7.92. The van der Waals surface area contributed by atoms with Crippen molar-refractivity contribution in [2.24, 2.45) is 11.3 Å². The summed E-state index contributed by atoms with van der Waals surface area (Å²) >= 11 is 0. The summed E-state index contributed by atoms with van der Waals surface area (Å²) in [5, 5.41) is 3.65. The molecule has 0 radical (unpaired) electrons. The second-order valence-electron chi connectivity index (χ2n) is 7.21. The van der Waals surface area contributed by atoms with Gasteiger partial charge in [0.25, 0.3) is 0 Å². The molecule has 0 spiro atoms. The first kappa shape index (κ1) is 13.4. The molecule has 2 heteroatoms. The van der Waals surface area contributed by atoms with Crippen LogP contribution in [0.2, 0.25) is 0 Å². The zero-order valence-electron chi connectivity index (χ0n) is 12.3. The zero-order chi connectivity index (χ0) is 12.6. The standard InChI is InChI=1S/C15H30N2/c1-11(2)13-9-16-12(3)10-17(13)14-7-6-8-15(14,4)5/h11-14,16H,6-10H2,1-5H3. The average Bonchev–Trinajstić information content (AvgIpc) is 2.57. The van der Waals surface area contributed by atoms with E-state index in [1.807, 2.05) is 0 Å². The van der Waals surface area contributed by atoms with E-state index in [2.05, 4.69) is 44.8 Å². The normalized spacial score (nSPS) is 38.8. The number of hydrogen-bond acceptors (Lipinski definition) is 2. The van der Waals surface area contributed by atoms with Gasteiger partial charge in [0, 0.05) is 31.2 Å². The Hall–Kier alpha value is -0.0800. The first-order valence-corrected chi connectivity index (χ1v) is 7.41. The minimum Gasteiger partial charge on any atom is -0.311 e. The van der Waals surface area contributed by atoms with E-state index >= 15 is 0 Å². The Morgan fingerprint density at radius 2 is 2.00 bits per heavy atom. The molecule has 2 rings (SSSR count). The van der Waals surface area contributed by atoms with E-state index in [-0.39, 0.29) is 0 Å². The van der Waals surface area contributed by atoms with E-state index < -0.39 is 0 Å². The fraction of sp³-hybridized carbons (Fsp3) is 1.00. The third-order valence-corrected chi connectivity index (χ3v) is 4.96. The van der Waals surface area contributed by atoms with Gasteiger partial charge in [-0.05, 0) is 31.1 Å². The van der Waals surface area contributed by atoms with Crippen LogP contribution in [0.1, 0.15) is 53.9 Å². The van der Waals surface area contributed by atoms with Gasteiger partial charge in [0.1, 0.15) is 0 Å². The highest BCUT2D eigenvalue weighted by molar-refractivity contribution is 4.98. The first-order valence-electron chi connectivity index (χ1n) is 7.41. The molecule has 0 bridgehead atoms. The van der Waals surface area contributed by atoms with Crippen molar-refractivity contribution in [2.45, 2.75) is 72.0 Å². The maximum absolute atomic E-state index is 3.65. The van der Waals surface area contributed by atoms with Crippen molar-refractivity contribution in [3.8, 4) is 0 Å². The van der Waals surface area contributed by atoms with Crippen LogP contribution in [0.15, 0.2) is 0 Å². The summed E-state index contributed by atoms with van der Waals surface area (Å²) in [7, 11) is 0. The molecule has 1 aliphatic heterocycles. The van der Waals surface area contributed by atoms with Gasteiger partial charge in [-0.25, -0.2) is 0 Å². The lowest BCUT2D eigenvalue weighted by Gasteiger charge is -2.48. The van der Waals surface area contributed by atoms with Crippen LogP contribution in [0.3, 0.4) is 0 Å². The quantitative estimate of drug-likeness (QED) is 0.796. The molecule has 1 saturated carbocycles. The maximum Gasteiger partial charge on any atom is 0.0247 e. The van der Waals surface area contributed by atoms with Crippen LogP contribution >= 0.6 is 0 Å². The van der Waals surface area contributed by atoms with E-state index in [9.17, 15) is 0 Å². The summed E-state index contributed by atoms with van der Waals surface area (Å²) in [6.07, 6.45) is 4.23. The molecule has 2 aliphatic rings. The molecule has 1 heterocycles. The fourth-order valence-electron chi connectivity index (χ4n) is 3.86. The Morgan fingerprint density at radius 3 is 2.53 bits per heavy atom. The van der Waals surface area contributed by atoms with Crippen molar-refractivity contribution in [3.05, 3.63) is 0 Å². The lowest BCUT2D eigenvalue weighted by molar-refractivity contribution is 0.0188. The number of nitrogens with one attached hydrogen (secondary N) is 1. The molecule has 100 valence electrons. The second-order valence-corrected chi connectivity index (χ2v) is 7.21. The molecule has 0 amide bonds. The van der Waals surface area contributed by atoms with E-state index in [1.54, 1.807) is 0 Å². The molecule has 2 nitrogen and oxygen atoms in total. The van der Waals surface area contributed by atoms with Gasteiger partial charge >= 0.3 is 0 Å². The van der Waals surface area contributed by atoms with Gasteiger partial charge in [0.2, 0.25) is 0 Å². The molecular formula is C15H30N2. The third-order valence-electron chi connectivity index (χ3n) is 4.96. The van der Waals surface area contributed by atoms with Gasteiger partial charge in [0.15, 0.2) is 0 Å². The molecule has 0 aromatic carbocycles. The minimum absolute atomic E-state index is 0.518. The van der Waals surface area contributed by atoms with Crippen molar-refractivity contribution in [3.63, 3.8) is 0 Å². The van der Waals surface area contributed by atoms with E-state index in [0.717, 1.165) is 18.0 Å². The largest absolute Gasteiger partial charge is 0.311 e. The summed E-state index contributed by atoms with van der Waals surface area (Å²) in [5.41, 5.74) is 0.518. The maximum atomic E-state index is 3.65. The van der Waals surface area contributed by atoms with Gasteiger partial charge in [-0.3, -0.25) is 4.90 Å². The molecule has 0 aromatic heterocycles. The topological polar surface area (TPSA) is 15.3 Å². The van der Waals surface area contributed by atoms with Gasteiger partial charge in [-0.2, -0.15) is 0 Å². The monoisotopic (exact) mass is 238 g/mol. The number of piperazine rings is 1. The van der Waals surface area contributed by atoms with Crippen LogP contribution in [0, 0.1) is 11.3 Å². The van der Waals surface area contributed by atoms with Gasteiger partial charge in [0.05, 0.1) is 0 Å². The van der Waals surface area contributed by atoms with Gasteiger partial charge in [-0.15, -0.1) is 0 Å². The van der Waals surface area contributed by atoms with E-state index in [0.29, 0.717) is 11.5 Å².